The Balaban J connectivity index is 1.68. The van der Waals surface area contributed by atoms with E-state index in [1.54, 1.807) is 12.1 Å². The van der Waals surface area contributed by atoms with Crippen LogP contribution >= 0.6 is 0 Å². The number of rotatable bonds is 4. The maximum atomic E-state index is 13.1. The highest BCUT2D eigenvalue weighted by Gasteiger charge is 2.39. The molecule has 136 valence electrons. The molecule has 1 aliphatic heterocycles. The van der Waals surface area contributed by atoms with Crippen molar-refractivity contribution in [2.24, 2.45) is 0 Å². The second kappa shape index (κ2) is 7.51. The van der Waals surface area contributed by atoms with Crippen LogP contribution in [0.25, 0.3) is 0 Å². The molecule has 0 aromatic heterocycles. The highest BCUT2D eigenvalue weighted by Crippen LogP contribution is 2.17. The number of carbonyl (C=O) groups is 2. The van der Waals surface area contributed by atoms with Crippen molar-refractivity contribution >= 4 is 11.8 Å². The fourth-order valence-electron chi connectivity index (χ4n) is 2.66. The number of halogens is 1. The molecule has 0 bridgehead atoms. The average Bonchev–Trinajstić information content (AvgIpc) is 2.64. The number of carbonyl (C=O) groups excluding carboxylic acids is 2. The highest BCUT2D eigenvalue weighted by atomic mass is 19.1. The Hall–Kier alpha value is -2.97. The van der Waals surface area contributed by atoms with Crippen molar-refractivity contribution in [2.75, 3.05) is 0 Å². The molecule has 5 N–H and O–H groups in total. The molecule has 8 heteroatoms. The zero-order valence-electron chi connectivity index (χ0n) is 13.6. The van der Waals surface area contributed by atoms with Crippen molar-refractivity contribution in [3.05, 3.63) is 65.5 Å². The smallest absolute Gasteiger partial charge is 0.252 e. The number of nitrogens with one attached hydrogen (secondary N) is 3. The van der Waals surface area contributed by atoms with E-state index in [1.807, 2.05) is 0 Å². The third kappa shape index (κ3) is 3.98. The van der Waals surface area contributed by atoms with Gasteiger partial charge in [0.2, 0.25) is 5.91 Å². The van der Waals surface area contributed by atoms with Crippen LogP contribution in [-0.2, 0) is 16.1 Å². The van der Waals surface area contributed by atoms with Gasteiger partial charge in [-0.3, -0.25) is 14.9 Å². The summed E-state index contributed by atoms with van der Waals surface area (Å²) in [6.07, 6.45) is -2.28. The molecule has 0 saturated carbocycles. The maximum absolute atomic E-state index is 13.1. The molecule has 3 atom stereocenters. The van der Waals surface area contributed by atoms with Gasteiger partial charge in [-0.25, -0.2) is 4.39 Å². The van der Waals surface area contributed by atoms with Crippen LogP contribution in [0.3, 0.4) is 0 Å². The van der Waals surface area contributed by atoms with Gasteiger partial charge in [0.15, 0.2) is 6.10 Å². The van der Waals surface area contributed by atoms with Gasteiger partial charge in [0.05, 0.1) is 0 Å². The summed E-state index contributed by atoms with van der Waals surface area (Å²) < 4.78 is 13.1. The molecule has 7 nitrogen and oxygen atoms in total. The average molecular weight is 359 g/mol. The minimum absolute atomic E-state index is 0.114. The van der Waals surface area contributed by atoms with E-state index in [1.165, 1.54) is 36.4 Å². The van der Waals surface area contributed by atoms with Crippen molar-refractivity contribution in [3.63, 3.8) is 0 Å². The first-order valence-electron chi connectivity index (χ1n) is 7.99. The summed E-state index contributed by atoms with van der Waals surface area (Å²) in [6.45, 7) is 0.173. The summed E-state index contributed by atoms with van der Waals surface area (Å²) in [4.78, 5) is 24.4. The largest absolute Gasteiger partial charge is 0.508 e. The van der Waals surface area contributed by atoms with E-state index in [0.29, 0.717) is 5.56 Å². The summed E-state index contributed by atoms with van der Waals surface area (Å²) >= 11 is 0. The van der Waals surface area contributed by atoms with Gasteiger partial charge in [-0.2, -0.15) is 0 Å². The molecule has 0 aliphatic carbocycles. The number of aromatic hydroxyl groups is 1. The van der Waals surface area contributed by atoms with Crippen molar-refractivity contribution in [1.82, 2.24) is 16.0 Å². The van der Waals surface area contributed by atoms with Gasteiger partial charge in [0.1, 0.15) is 23.8 Å². The predicted molar refractivity (Wildman–Crippen MR) is 90.2 cm³/mol. The zero-order valence-corrected chi connectivity index (χ0v) is 13.6. The van der Waals surface area contributed by atoms with Crippen LogP contribution in [0.2, 0.25) is 0 Å². The van der Waals surface area contributed by atoms with E-state index >= 15 is 0 Å². The molecule has 2 aromatic carbocycles. The summed E-state index contributed by atoms with van der Waals surface area (Å²) in [7, 11) is 0. The summed E-state index contributed by atoms with van der Waals surface area (Å²) in [5.41, 5.74) is 1.31. The molecule has 1 fully saturated rings. The molecule has 0 radical (unpaired) electrons. The Morgan fingerprint density at radius 1 is 1.12 bits per heavy atom. The normalized spacial score (nSPS) is 22.5. The van der Waals surface area contributed by atoms with Gasteiger partial charge in [-0.1, -0.05) is 24.3 Å². The van der Waals surface area contributed by atoms with E-state index in [0.717, 1.165) is 5.56 Å². The Morgan fingerprint density at radius 3 is 2.42 bits per heavy atom. The summed E-state index contributed by atoms with van der Waals surface area (Å²) in [6, 6.07) is 10.6. The molecule has 3 unspecified atom stereocenters. The van der Waals surface area contributed by atoms with Gasteiger partial charge in [-0.05, 0) is 35.4 Å². The number of phenolic OH excluding ortho intramolecular Hbond substituents is 1. The van der Waals surface area contributed by atoms with E-state index < -0.39 is 35.9 Å². The van der Waals surface area contributed by atoms with Gasteiger partial charge in [0, 0.05) is 6.54 Å². The lowest BCUT2D eigenvalue weighted by Gasteiger charge is -2.34. The van der Waals surface area contributed by atoms with E-state index in [9.17, 15) is 24.2 Å². The number of amides is 2. The van der Waals surface area contributed by atoms with Crippen molar-refractivity contribution < 1.29 is 24.2 Å². The van der Waals surface area contributed by atoms with Crippen molar-refractivity contribution in [1.29, 1.82) is 0 Å². The first-order valence-corrected chi connectivity index (χ1v) is 7.99. The maximum Gasteiger partial charge on any atom is 0.252 e. The first kappa shape index (κ1) is 17.8. The summed E-state index contributed by atoms with van der Waals surface area (Å²) in [5, 5.41) is 27.3. The van der Waals surface area contributed by atoms with Crippen LogP contribution in [0.1, 0.15) is 17.3 Å². The lowest BCUT2D eigenvalue weighted by molar-refractivity contribution is -0.142. The zero-order chi connectivity index (χ0) is 18.7. The molecule has 1 aliphatic rings. The van der Waals surface area contributed by atoms with Gasteiger partial charge < -0.3 is 20.8 Å². The third-order valence-corrected chi connectivity index (χ3v) is 4.11. The standard InChI is InChI=1S/C18H18FN3O4/c19-12-5-3-11(4-6-12)16-21-14(15(24)18(26)22-16)17(25)20-9-10-1-7-13(23)8-2-10/h1-8,14-16,21,23-24H,9H2,(H,20,25)(H,22,26). The van der Waals surface area contributed by atoms with E-state index in [4.69, 9.17) is 0 Å². The number of phenols is 1. The lowest BCUT2D eigenvalue weighted by atomic mass is 10.0. The quantitative estimate of drug-likeness (QED) is 0.539. The number of hydrogen-bond acceptors (Lipinski definition) is 5. The predicted octanol–water partition coefficient (Wildman–Crippen LogP) is 0.295. The molecule has 26 heavy (non-hydrogen) atoms. The third-order valence-electron chi connectivity index (χ3n) is 4.11. The molecular weight excluding hydrogens is 341 g/mol. The Morgan fingerprint density at radius 2 is 1.77 bits per heavy atom. The van der Waals surface area contributed by atoms with Gasteiger partial charge in [-0.15, -0.1) is 0 Å². The second-order valence-electron chi connectivity index (χ2n) is 5.97. The number of hydrogen-bond donors (Lipinski definition) is 5. The van der Waals surface area contributed by atoms with Crippen LogP contribution in [0, 0.1) is 5.82 Å². The lowest BCUT2D eigenvalue weighted by Crippen LogP contribution is -2.64. The minimum Gasteiger partial charge on any atom is -0.508 e. The van der Waals surface area contributed by atoms with Crippen LogP contribution in [-0.4, -0.2) is 34.2 Å². The van der Waals surface area contributed by atoms with Crippen molar-refractivity contribution in [3.8, 4) is 5.75 Å². The van der Waals surface area contributed by atoms with Crippen LogP contribution in [0.5, 0.6) is 5.75 Å². The molecule has 0 spiro atoms. The first-order chi connectivity index (χ1) is 12.4. The number of aliphatic hydroxyl groups is 1. The molecule has 1 heterocycles. The van der Waals surface area contributed by atoms with Crippen LogP contribution in [0.15, 0.2) is 48.5 Å². The molecule has 2 amide bonds. The topological polar surface area (TPSA) is 111 Å². The molecular formula is C18H18FN3O4. The van der Waals surface area contributed by atoms with E-state index in [-0.39, 0.29) is 12.3 Å². The molecule has 3 rings (SSSR count). The molecule has 1 saturated heterocycles. The van der Waals surface area contributed by atoms with Crippen molar-refractivity contribution in [2.45, 2.75) is 24.9 Å². The fourth-order valence-corrected chi connectivity index (χ4v) is 2.66. The monoisotopic (exact) mass is 359 g/mol. The number of aliphatic hydroxyl groups excluding tert-OH is 1. The van der Waals surface area contributed by atoms with Gasteiger partial charge in [0.25, 0.3) is 5.91 Å². The minimum atomic E-state index is -1.55. The SMILES string of the molecule is O=C1NC(c2ccc(F)cc2)NC(C(=O)NCc2ccc(O)cc2)C1O. The summed E-state index contributed by atoms with van der Waals surface area (Å²) in [5.74, 6) is -1.54. The fraction of sp³-hybridized carbons (Fsp3) is 0.222. The van der Waals surface area contributed by atoms with E-state index in [2.05, 4.69) is 16.0 Å². The number of benzene rings is 2. The Labute approximate surface area is 148 Å². The highest BCUT2D eigenvalue weighted by molar-refractivity contribution is 5.93. The van der Waals surface area contributed by atoms with Crippen LogP contribution in [0.4, 0.5) is 4.39 Å². The van der Waals surface area contributed by atoms with Crippen LogP contribution < -0.4 is 16.0 Å². The second-order valence-corrected chi connectivity index (χ2v) is 5.97. The Bertz CT molecular complexity index is 795. The molecule has 2 aromatic rings. The Kier molecular flexibility index (Phi) is 5.15. The van der Waals surface area contributed by atoms with Gasteiger partial charge >= 0.3 is 0 Å².